The van der Waals surface area contributed by atoms with Gasteiger partial charge in [-0.05, 0) is 29.7 Å². The molecule has 0 radical (unpaired) electrons. The number of hydrogen-bond donors (Lipinski definition) is 0. The van der Waals surface area contributed by atoms with E-state index in [2.05, 4.69) is 17.1 Å². The van der Waals surface area contributed by atoms with Gasteiger partial charge in [0.25, 0.3) is 0 Å². The lowest BCUT2D eigenvalue weighted by Gasteiger charge is -2.23. The minimum absolute atomic E-state index is 0.0674. The van der Waals surface area contributed by atoms with Crippen LogP contribution in [0, 0.1) is 0 Å². The molecule has 6 heteroatoms. The molecule has 6 nitrogen and oxygen atoms in total. The van der Waals surface area contributed by atoms with Gasteiger partial charge in [0, 0.05) is 26.0 Å². The number of rotatable bonds is 7. The molecule has 1 amide bonds. The summed E-state index contributed by atoms with van der Waals surface area (Å²) in [6.07, 6.45) is 4.77. The first-order valence-corrected chi connectivity index (χ1v) is 9.35. The van der Waals surface area contributed by atoms with Crippen LogP contribution in [0.3, 0.4) is 0 Å². The van der Waals surface area contributed by atoms with E-state index in [4.69, 9.17) is 9.47 Å². The van der Waals surface area contributed by atoms with Gasteiger partial charge in [-0.2, -0.15) is 0 Å². The summed E-state index contributed by atoms with van der Waals surface area (Å²) in [5, 5.41) is 0. The summed E-state index contributed by atoms with van der Waals surface area (Å²) in [4.78, 5) is 19.3. The second-order valence-electron chi connectivity index (χ2n) is 6.87. The average molecular weight is 377 g/mol. The molecule has 1 aliphatic rings. The number of imidazole rings is 1. The number of amides is 1. The molecule has 1 aromatic heterocycles. The number of fused-ring (bicyclic) bond motifs is 1. The molecule has 2 heterocycles. The number of ether oxygens (including phenoxy) is 2. The molecule has 0 saturated heterocycles. The topological polar surface area (TPSA) is 56.6 Å². The quantitative estimate of drug-likeness (QED) is 0.635. The van der Waals surface area contributed by atoms with Crippen LogP contribution in [0.4, 0.5) is 0 Å². The van der Waals surface area contributed by atoms with Crippen molar-refractivity contribution in [2.24, 2.45) is 7.05 Å². The van der Waals surface area contributed by atoms with Gasteiger partial charge < -0.3 is 18.9 Å². The zero-order chi connectivity index (χ0) is 19.3. The summed E-state index contributed by atoms with van der Waals surface area (Å²) in [6, 6.07) is 15.9. The molecule has 1 aliphatic heterocycles. The van der Waals surface area contributed by atoms with E-state index in [-0.39, 0.29) is 12.7 Å². The fourth-order valence-electron chi connectivity index (χ4n) is 3.26. The van der Waals surface area contributed by atoms with E-state index in [9.17, 15) is 4.79 Å². The minimum atomic E-state index is 0.0674. The molecule has 144 valence electrons. The van der Waals surface area contributed by atoms with Gasteiger partial charge in [0.15, 0.2) is 11.5 Å². The van der Waals surface area contributed by atoms with Crippen molar-refractivity contribution < 1.29 is 14.3 Å². The highest BCUT2D eigenvalue weighted by Gasteiger charge is 2.19. The van der Waals surface area contributed by atoms with Crippen LogP contribution < -0.4 is 9.47 Å². The standard InChI is InChI=1S/C22H23N3O3/c1-24-12-10-23-21(24)15-25(11-9-17-5-3-2-4-6-17)22(26)14-18-7-8-19-20(13-18)28-16-27-19/h2-8,10,12-13H,9,11,14-16H2,1H3. The van der Waals surface area contributed by atoms with Gasteiger partial charge in [0.1, 0.15) is 5.82 Å². The average Bonchev–Trinajstić information content (AvgIpc) is 3.34. The molecule has 0 bridgehead atoms. The second kappa shape index (κ2) is 8.17. The van der Waals surface area contributed by atoms with Crippen molar-refractivity contribution in [1.82, 2.24) is 14.5 Å². The van der Waals surface area contributed by atoms with Gasteiger partial charge in [0.2, 0.25) is 12.7 Å². The lowest BCUT2D eigenvalue weighted by molar-refractivity contribution is -0.131. The lowest BCUT2D eigenvalue weighted by atomic mass is 10.1. The predicted molar refractivity (Wildman–Crippen MR) is 105 cm³/mol. The Morgan fingerprint density at radius 1 is 1.11 bits per heavy atom. The van der Waals surface area contributed by atoms with Gasteiger partial charge >= 0.3 is 0 Å². The maximum Gasteiger partial charge on any atom is 0.231 e. The summed E-state index contributed by atoms with van der Waals surface area (Å²) in [6.45, 7) is 1.36. The van der Waals surface area contributed by atoms with E-state index in [0.29, 0.717) is 25.3 Å². The normalized spacial score (nSPS) is 12.2. The molecule has 0 spiro atoms. The van der Waals surface area contributed by atoms with Crippen LogP contribution in [-0.2, 0) is 31.2 Å². The van der Waals surface area contributed by atoms with Crippen LogP contribution >= 0.6 is 0 Å². The fraction of sp³-hybridized carbons (Fsp3) is 0.273. The van der Waals surface area contributed by atoms with E-state index in [0.717, 1.165) is 23.6 Å². The van der Waals surface area contributed by atoms with Gasteiger partial charge in [-0.3, -0.25) is 4.79 Å². The second-order valence-corrected chi connectivity index (χ2v) is 6.87. The first kappa shape index (κ1) is 18.1. The summed E-state index contributed by atoms with van der Waals surface area (Å²) in [7, 11) is 1.94. The van der Waals surface area contributed by atoms with Crippen LogP contribution in [0.2, 0.25) is 0 Å². The lowest BCUT2D eigenvalue weighted by Crippen LogP contribution is -2.34. The molecule has 0 N–H and O–H groups in total. The molecule has 0 fully saturated rings. The molecule has 3 aromatic rings. The van der Waals surface area contributed by atoms with Crippen molar-refractivity contribution in [1.29, 1.82) is 0 Å². The molecule has 0 aliphatic carbocycles. The highest BCUT2D eigenvalue weighted by atomic mass is 16.7. The van der Waals surface area contributed by atoms with Crippen molar-refractivity contribution in [3.05, 3.63) is 77.9 Å². The zero-order valence-corrected chi connectivity index (χ0v) is 15.9. The van der Waals surface area contributed by atoms with E-state index >= 15 is 0 Å². The first-order valence-electron chi connectivity index (χ1n) is 9.35. The van der Waals surface area contributed by atoms with E-state index in [1.165, 1.54) is 5.56 Å². The van der Waals surface area contributed by atoms with Crippen LogP contribution in [0.15, 0.2) is 60.9 Å². The van der Waals surface area contributed by atoms with E-state index < -0.39 is 0 Å². The molecular formula is C22H23N3O3. The van der Waals surface area contributed by atoms with Crippen molar-refractivity contribution in [3.8, 4) is 11.5 Å². The Morgan fingerprint density at radius 3 is 2.71 bits per heavy atom. The number of carbonyl (C=O) groups is 1. The monoisotopic (exact) mass is 377 g/mol. The maximum atomic E-state index is 13.1. The number of carbonyl (C=O) groups excluding carboxylic acids is 1. The molecule has 0 atom stereocenters. The van der Waals surface area contributed by atoms with Crippen LogP contribution in [0.1, 0.15) is 17.0 Å². The van der Waals surface area contributed by atoms with Crippen LogP contribution in [0.25, 0.3) is 0 Å². The summed E-state index contributed by atoms with van der Waals surface area (Å²) in [5.74, 6) is 2.36. The number of aromatic nitrogens is 2. The van der Waals surface area contributed by atoms with E-state index in [1.54, 1.807) is 6.20 Å². The van der Waals surface area contributed by atoms with E-state index in [1.807, 2.05) is 59.1 Å². The van der Waals surface area contributed by atoms with Crippen LogP contribution in [-0.4, -0.2) is 33.7 Å². The molecule has 0 saturated carbocycles. The molecule has 2 aromatic carbocycles. The van der Waals surface area contributed by atoms with Gasteiger partial charge in [-0.15, -0.1) is 0 Å². The Morgan fingerprint density at radius 2 is 1.93 bits per heavy atom. The van der Waals surface area contributed by atoms with Crippen LogP contribution in [0.5, 0.6) is 11.5 Å². The van der Waals surface area contributed by atoms with Gasteiger partial charge in [-0.1, -0.05) is 36.4 Å². The molecule has 4 rings (SSSR count). The first-order chi connectivity index (χ1) is 13.7. The summed E-state index contributed by atoms with van der Waals surface area (Å²) in [5.41, 5.74) is 2.13. The third-order valence-electron chi connectivity index (χ3n) is 4.91. The largest absolute Gasteiger partial charge is 0.454 e. The highest BCUT2D eigenvalue weighted by molar-refractivity contribution is 5.79. The summed E-state index contributed by atoms with van der Waals surface area (Å²) >= 11 is 0. The number of benzene rings is 2. The minimum Gasteiger partial charge on any atom is -0.454 e. The number of nitrogens with zero attached hydrogens (tertiary/aromatic N) is 3. The van der Waals surface area contributed by atoms with Gasteiger partial charge in [-0.25, -0.2) is 4.98 Å². The SMILES string of the molecule is Cn1ccnc1CN(CCc1ccccc1)C(=O)Cc1ccc2c(c1)OCO2. The zero-order valence-electron chi connectivity index (χ0n) is 15.9. The number of hydrogen-bond acceptors (Lipinski definition) is 4. The fourth-order valence-corrected chi connectivity index (χ4v) is 3.26. The Bertz CT molecular complexity index is 953. The molecule has 28 heavy (non-hydrogen) atoms. The third kappa shape index (κ3) is 4.17. The van der Waals surface area contributed by atoms with Crippen molar-refractivity contribution in [2.45, 2.75) is 19.4 Å². The van der Waals surface area contributed by atoms with Crippen molar-refractivity contribution in [3.63, 3.8) is 0 Å². The smallest absolute Gasteiger partial charge is 0.231 e. The number of aryl methyl sites for hydroxylation is 1. The predicted octanol–water partition coefficient (Wildman–Crippen LogP) is 2.96. The van der Waals surface area contributed by atoms with Gasteiger partial charge in [0.05, 0.1) is 13.0 Å². The third-order valence-corrected chi connectivity index (χ3v) is 4.91. The Balaban J connectivity index is 1.48. The van der Waals surface area contributed by atoms with Crippen molar-refractivity contribution >= 4 is 5.91 Å². The van der Waals surface area contributed by atoms with Crippen molar-refractivity contribution in [2.75, 3.05) is 13.3 Å². The highest BCUT2D eigenvalue weighted by Crippen LogP contribution is 2.32. The Labute approximate surface area is 164 Å². The molecule has 0 unspecified atom stereocenters. The summed E-state index contributed by atoms with van der Waals surface area (Å²) < 4.78 is 12.7. The Hall–Kier alpha value is -3.28. The molecular weight excluding hydrogens is 354 g/mol. The Kier molecular flexibility index (Phi) is 5.28. The maximum absolute atomic E-state index is 13.1.